The Morgan fingerprint density at radius 1 is 1.30 bits per heavy atom. The van der Waals surface area contributed by atoms with Gasteiger partial charge >= 0.3 is 0 Å². The van der Waals surface area contributed by atoms with Gasteiger partial charge in [-0.1, -0.05) is 6.07 Å². The Hall–Kier alpha value is -2.33. The van der Waals surface area contributed by atoms with Gasteiger partial charge in [0, 0.05) is 23.3 Å². The highest BCUT2D eigenvalue weighted by Crippen LogP contribution is 2.33. The van der Waals surface area contributed by atoms with Gasteiger partial charge in [0.25, 0.3) is 0 Å². The van der Waals surface area contributed by atoms with Crippen LogP contribution in [0.4, 0.5) is 0 Å². The average Bonchev–Trinajstić information content (AvgIpc) is 2.84. The van der Waals surface area contributed by atoms with E-state index < -0.39 is 0 Å². The monoisotopic (exact) mass is 268 g/mol. The molecule has 0 saturated heterocycles. The van der Waals surface area contributed by atoms with Crippen molar-refractivity contribution in [3.05, 3.63) is 59.6 Å². The van der Waals surface area contributed by atoms with E-state index in [2.05, 4.69) is 4.98 Å². The van der Waals surface area contributed by atoms with Gasteiger partial charge in [0.2, 0.25) is 0 Å². The minimum absolute atomic E-state index is 0.318. The molecule has 0 aliphatic heterocycles. The maximum atomic E-state index is 6.29. The molecule has 20 heavy (non-hydrogen) atoms. The van der Waals surface area contributed by atoms with Crippen molar-refractivity contribution >= 4 is 11.0 Å². The maximum Gasteiger partial charge on any atom is 0.134 e. The number of benzene rings is 1. The number of ether oxygens (including phenoxy) is 1. The van der Waals surface area contributed by atoms with Gasteiger partial charge in [0.15, 0.2) is 0 Å². The van der Waals surface area contributed by atoms with Crippen molar-refractivity contribution in [3.8, 4) is 5.75 Å². The van der Waals surface area contributed by atoms with E-state index in [9.17, 15) is 0 Å². The van der Waals surface area contributed by atoms with Crippen LogP contribution < -0.4 is 10.5 Å². The highest BCUT2D eigenvalue weighted by molar-refractivity contribution is 5.83. The Kier molecular flexibility index (Phi) is 3.16. The Labute approximate surface area is 117 Å². The zero-order chi connectivity index (χ0) is 14.1. The SMILES string of the molecule is COc1ccc2oc(C(N)c3cccnc3)c(C)c2c1. The van der Waals surface area contributed by atoms with E-state index in [4.69, 9.17) is 14.9 Å². The van der Waals surface area contributed by atoms with Crippen molar-refractivity contribution in [1.29, 1.82) is 0 Å². The molecule has 2 N–H and O–H groups in total. The molecule has 0 amide bonds. The molecule has 1 atom stereocenters. The normalized spacial score (nSPS) is 12.6. The zero-order valence-electron chi connectivity index (χ0n) is 11.5. The van der Waals surface area contributed by atoms with Gasteiger partial charge < -0.3 is 14.9 Å². The summed E-state index contributed by atoms with van der Waals surface area (Å²) in [7, 11) is 1.65. The van der Waals surface area contributed by atoms with E-state index in [1.165, 1.54) is 0 Å². The summed E-state index contributed by atoms with van der Waals surface area (Å²) in [5, 5.41) is 1.03. The van der Waals surface area contributed by atoms with Gasteiger partial charge in [-0.2, -0.15) is 0 Å². The molecular weight excluding hydrogens is 252 g/mol. The van der Waals surface area contributed by atoms with Gasteiger partial charge in [0.1, 0.15) is 17.1 Å². The lowest BCUT2D eigenvalue weighted by Crippen LogP contribution is -2.12. The fourth-order valence-corrected chi connectivity index (χ4v) is 2.35. The standard InChI is InChI=1S/C16H16N2O2/c1-10-13-8-12(19-2)5-6-14(13)20-16(10)15(17)11-4-3-7-18-9-11/h3-9,15H,17H2,1-2H3. The molecule has 4 heteroatoms. The number of nitrogens with zero attached hydrogens (tertiary/aromatic N) is 1. The van der Waals surface area contributed by atoms with Crippen LogP contribution in [0.2, 0.25) is 0 Å². The molecule has 0 aliphatic carbocycles. The highest BCUT2D eigenvalue weighted by atomic mass is 16.5. The summed E-state index contributed by atoms with van der Waals surface area (Å²) in [6, 6.07) is 9.25. The number of rotatable bonds is 3. The van der Waals surface area contributed by atoms with Crippen LogP contribution in [0, 0.1) is 6.92 Å². The second-order valence-electron chi connectivity index (χ2n) is 4.72. The number of aryl methyl sites for hydroxylation is 1. The molecule has 1 unspecified atom stereocenters. The molecule has 0 radical (unpaired) electrons. The third kappa shape index (κ3) is 2.04. The molecular formula is C16H16N2O2. The van der Waals surface area contributed by atoms with Crippen molar-refractivity contribution < 1.29 is 9.15 Å². The minimum Gasteiger partial charge on any atom is -0.497 e. The summed E-state index contributed by atoms with van der Waals surface area (Å²) in [4.78, 5) is 4.10. The Bertz CT molecular complexity index is 735. The van der Waals surface area contributed by atoms with Crippen LogP contribution in [-0.4, -0.2) is 12.1 Å². The molecule has 0 fully saturated rings. The number of pyridine rings is 1. The molecule has 2 aromatic heterocycles. The van der Waals surface area contributed by atoms with E-state index in [0.717, 1.165) is 33.6 Å². The second-order valence-corrected chi connectivity index (χ2v) is 4.72. The van der Waals surface area contributed by atoms with E-state index in [0.29, 0.717) is 0 Å². The van der Waals surface area contributed by atoms with Crippen LogP contribution in [0.25, 0.3) is 11.0 Å². The first kappa shape index (κ1) is 12.7. The topological polar surface area (TPSA) is 61.3 Å². The quantitative estimate of drug-likeness (QED) is 0.792. The average molecular weight is 268 g/mol. The predicted octanol–water partition coefficient (Wildman–Crippen LogP) is 3.19. The lowest BCUT2D eigenvalue weighted by atomic mass is 10.0. The molecule has 4 nitrogen and oxygen atoms in total. The first-order valence-corrected chi connectivity index (χ1v) is 6.43. The molecule has 2 heterocycles. The van der Waals surface area contributed by atoms with Crippen LogP contribution in [0.3, 0.4) is 0 Å². The van der Waals surface area contributed by atoms with Crippen molar-refractivity contribution in [2.75, 3.05) is 7.11 Å². The lowest BCUT2D eigenvalue weighted by Gasteiger charge is -2.09. The van der Waals surface area contributed by atoms with Gasteiger partial charge in [-0.3, -0.25) is 4.98 Å². The smallest absolute Gasteiger partial charge is 0.134 e. The summed E-state index contributed by atoms with van der Waals surface area (Å²) in [5.74, 6) is 1.57. The van der Waals surface area contributed by atoms with Crippen LogP contribution in [0.1, 0.15) is 22.9 Å². The van der Waals surface area contributed by atoms with Crippen LogP contribution >= 0.6 is 0 Å². The number of fused-ring (bicyclic) bond motifs is 1. The number of nitrogens with two attached hydrogens (primary N) is 1. The van der Waals surface area contributed by atoms with Crippen molar-refractivity contribution in [2.24, 2.45) is 5.73 Å². The Morgan fingerprint density at radius 2 is 2.15 bits per heavy atom. The van der Waals surface area contributed by atoms with E-state index in [1.807, 2.05) is 37.3 Å². The molecule has 3 rings (SSSR count). The lowest BCUT2D eigenvalue weighted by molar-refractivity contribution is 0.415. The van der Waals surface area contributed by atoms with Crippen molar-refractivity contribution in [3.63, 3.8) is 0 Å². The van der Waals surface area contributed by atoms with E-state index in [-0.39, 0.29) is 6.04 Å². The van der Waals surface area contributed by atoms with Gasteiger partial charge in [-0.05, 0) is 36.8 Å². The van der Waals surface area contributed by atoms with Gasteiger partial charge in [-0.25, -0.2) is 0 Å². The summed E-state index contributed by atoms with van der Waals surface area (Å²) in [5.41, 5.74) is 9.07. The molecule has 3 aromatic rings. The van der Waals surface area contributed by atoms with Crippen molar-refractivity contribution in [1.82, 2.24) is 4.98 Å². The van der Waals surface area contributed by atoms with E-state index in [1.54, 1.807) is 19.5 Å². The van der Waals surface area contributed by atoms with Gasteiger partial charge in [-0.15, -0.1) is 0 Å². The number of hydrogen-bond acceptors (Lipinski definition) is 4. The van der Waals surface area contributed by atoms with Gasteiger partial charge in [0.05, 0.1) is 13.2 Å². The summed E-state index contributed by atoms with van der Waals surface area (Å²) < 4.78 is 11.2. The van der Waals surface area contributed by atoms with E-state index >= 15 is 0 Å². The predicted molar refractivity (Wildman–Crippen MR) is 77.8 cm³/mol. The molecule has 1 aromatic carbocycles. The molecule has 102 valence electrons. The Balaban J connectivity index is 2.10. The molecule has 0 saturated carbocycles. The third-order valence-corrected chi connectivity index (χ3v) is 3.51. The largest absolute Gasteiger partial charge is 0.497 e. The summed E-state index contributed by atoms with van der Waals surface area (Å²) in [6.07, 6.45) is 3.49. The molecule has 0 aliphatic rings. The minimum atomic E-state index is -0.318. The highest BCUT2D eigenvalue weighted by Gasteiger charge is 2.19. The number of furan rings is 1. The fraction of sp³-hybridized carbons (Fsp3) is 0.188. The maximum absolute atomic E-state index is 6.29. The molecule has 0 spiro atoms. The first-order valence-electron chi connectivity index (χ1n) is 6.43. The number of methoxy groups -OCH3 is 1. The zero-order valence-corrected chi connectivity index (χ0v) is 11.5. The van der Waals surface area contributed by atoms with Crippen molar-refractivity contribution in [2.45, 2.75) is 13.0 Å². The van der Waals surface area contributed by atoms with Crippen LogP contribution in [0.15, 0.2) is 47.1 Å². The number of aromatic nitrogens is 1. The third-order valence-electron chi connectivity index (χ3n) is 3.51. The fourth-order valence-electron chi connectivity index (χ4n) is 2.35. The number of hydrogen-bond donors (Lipinski definition) is 1. The second kappa shape index (κ2) is 4.98. The summed E-state index contributed by atoms with van der Waals surface area (Å²) in [6.45, 7) is 2.01. The summed E-state index contributed by atoms with van der Waals surface area (Å²) >= 11 is 0. The first-order chi connectivity index (χ1) is 9.70. The van der Waals surface area contributed by atoms with Crippen LogP contribution in [0.5, 0.6) is 5.75 Å². The molecule has 0 bridgehead atoms. The van der Waals surface area contributed by atoms with Crippen LogP contribution in [-0.2, 0) is 0 Å². The Morgan fingerprint density at radius 3 is 2.85 bits per heavy atom.